The number of hydrogen-bond donors (Lipinski definition) is 1. The van der Waals surface area contributed by atoms with Crippen LogP contribution in [-0.4, -0.2) is 33.4 Å². The lowest BCUT2D eigenvalue weighted by atomic mass is 10.1. The largest absolute Gasteiger partial charge is 0.383 e. The van der Waals surface area contributed by atoms with Gasteiger partial charge < -0.3 is 15.0 Å². The Hall–Kier alpha value is -0.770. The molecule has 0 radical (unpaired) electrons. The number of rotatable bonds is 9. The predicted molar refractivity (Wildman–Crippen MR) is 83.2 cm³/mol. The van der Waals surface area contributed by atoms with Gasteiger partial charge in [-0.05, 0) is 32.0 Å². The van der Waals surface area contributed by atoms with Crippen LogP contribution in [0.25, 0.3) is 0 Å². The van der Waals surface area contributed by atoms with Crippen molar-refractivity contribution in [3.63, 3.8) is 0 Å². The van der Waals surface area contributed by atoms with Gasteiger partial charge in [-0.3, -0.25) is 0 Å². The zero-order chi connectivity index (χ0) is 14.1. The van der Waals surface area contributed by atoms with E-state index in [2.05, 4.69) is 30.1 Å². The van der Waals surface area contributed by atoms with Crippen molar-refractivity contribution in [3.05, 3.63) is 28.8 Å². The molecule has 3 nitrogen and oxygen atoms in total. The van der Waals surface area contributed by atoms with Crippen LogP contribution >= 0.6 is 11.6 Å². The topological polar surface area (TPSA) is 24.5 Å². The minimum absolute atomic E-state index is 0.724. The van der Waals surface area contributed by atoms with Crippen molar-refractivity contribution in [2.75, 3.05) is 38.3 Å². The van der Waals surface area contributed by atoms with Crippen LogP contribution in [0, 0.1) is 0 Å². The zero-order valence-electron chi connectivity index (χ0n) is 12.2. The van der Waals surface area contributed by atoms with E-state index in [4.69, 9.17) is 16.3 Å². The second kappa shape index (κ2) is 9.18. The van der Waals surface area contributed by atoms with Crippen molar-refractivity contribution >= 4 is 17.3 Å². The van der Waals surface area contributed by atoms with Gasteiger partial charge in [0.2, 0.25) is 0 Å². The molecule has 4 heteroatoms. The van der Waals surface area contributed by atoms with Crippen molar-refractivity contribution in [2.45, 2.75) is 26.8 Å². The Morgan fingerprint density at radius 3 is 2.74 bits per heavy atom. The molecule has 19 heavy (non-hydrogen) atoms. The fourth-order valence-corrected chi connectivity index (χ4v) is 2.30. The fourth-order valence-electron chi connectivity index (χ4n) is 2.06. The average molecular weight is 285 g/mol. The highest BCUT2D eigenvalue weighted by Crippen LogP contribution is 2.27. The standard InChI is InChI=1S/C15H25ClN2O/c1-4-9-17-12-13-14(16)7-6-8-15(13)18(5-2)10-11-19-3/h6-8,17H,4-5,9-12H2,1-3H3. The Kier molecular flexibility index (Phi) is 7.87. The first-order valence-electron chi connectivity index (χ1n) is 6.96. The van der Waals surface area contributed by atoms with E-state index >= 15 is 0 Å². The van der Waals surface area contributed by atoms with Crippen molar-refractivity contribution in [1.29, 1.82) is 0 Å². The summed E-state index contributed by atoms with van der Waals surface area (Å²) in [5.41, 5.74) is 2.38. The van der Waals surface area contributed by atoms with Crippen LogP contribution < -0.4 is 10.2 Å². The molecule has 0 atom stereocenters. The SMILES string of the molecule is CCCNCc1c(Cl)cccc1N(CC)CCOC. The molecule has 1 aromatic carbocycles. The smallest absolute Gasteiger partial charge is 0.0637 e. The van der Waals surface area contributed by atoms with Crippen molar-refractivity contribution in [3.8, 4) is 0 Å². The normalized spacial score (nSPS) is 10.7. The van der Waals surface area contributed by atoms with Gasteiger partial charge in [0.15, 0.2) is 0 Å². The molecular weight excluding hydrogens is 260 g/mol. The molecule has 0 saturated heterocycles. The summed E-state index contributed by atoms with van der Waals surface area (Å²) >= 11 is 6.35. The molecule has 1 aromatic rings. The van der Waals surface area contributed by atoms with Gasteiger partial charge in [0.25, 0.3) is 0 Å². The Bertz CT molecular complexity index is 371. The van der Waals surface area contributed by atoms with E-state index in [0.717, 1.165) is 44.2 Å². The molecule has 0 aliphatic heterocycles. The highest BCUT2D eigenvalue weighted by atomic mass is 35.5. The number of anilines is 1. The Morgan fingerprint density at radius 1 is 1.32 bits per heavy atom. The third-order valence-electron chi connectivity index (χ3n) is 3.11. The monoisotopic (exact) mass is 284 g/mol. The van der Waals surface area contributed by atoms with Crippen LogP contribution in [0.2, 0.25) is 5.02 Å². The van der Waals surface area contributed by atoms with E-state index in [1.54, 1.807) is 7.11 Å². The van der Waals surface area contributed by atoms with Crippen LogP contribution in [0.4, 0.5) is 5.69 Å². The molecule has 0 aliphatic rings. The number of benzene rings is 1. The second-order valence-electron chi connectivity index (χ2n) is 4.49. The van der Waals surface area contributed by atoms with Crippen LogP contribution in [-0.2, 0) is 11.3 Å². The number of methoxy groups -OCH3 is 1. The van der Waals surface area contributed by atoms with Crippen molar-refractivity contribution < 1.29 is 4.74 Å². The number of nitrogens with zero attached hydrogens (tertiary/aromatic N) is 1. The third kappa shape index (κ3) is 5.01. The van der Waals surface area contributed by atoms with Gasteiger partial charge in [-0.25, -0.2) is 0 Å². The highest BCUT2D eigenvalue weighted by molar-refractivity contribution is 6.31. The van der Waals surface area contributed by atoms with E-state index in [1.807, 2.05) is 12.1 Å². The van der Waals surface area contributed by atoms with Gasteiger partial charge in [-0.2, -0.15) is 0 Å². The molecule has 0 aliphatic carbocycles. The van der Waals surface area contributed by atoms with E-state index in [0.29, 0.717) is 0 Å². The molecule has 0 aromatic heterocycles. The van der Waals surface area contributed by atoms with E-state index in [9.17, 15) is 0 Å². The summed E-state index contributed by atoms with van der Waals surface area (Å²) in [6.45, 7) is 8.69. The molecule has 0 spiro atoms. The average Bonchev–Trinajstić information content (AvgIpc) is 2.42. The number of hydrogen-bond acceptors (Lipinski definition) is 3. The summed E-state index contributed by atoms with van der Waals surface area (Å²) in [5, 5.41) is 4.26. The molecule has 0 unspecified atom stereocenters. The summed E-state index contributed by atoms with van der Waals surface area (Å²) in [6, 6.07) is 6.10. The van der Waals surface area contributed by atoms with Gasteiger partial charge in [-0.15, -0.1) is 0 Å². The second-order valence-corrected chi connectivity index (χ2v) is 4.89. The summed E-state index contributed by atoms with van der Waals surface area (Å²) in [5.74, 6) is 0. The molecule has 1 N–H and O–H groups in total. The first-order chi connectivity index (χ1) is 9.24. The molecule has 108 valence electrons. The molecule has 0 fully saturated rings. The maximum absolute atomic E-state index is 6.35. The fraction of sp³-hybridized carbons (Fsp3) is 0.600. The maximum Gasteiger partial charge on any atom is 0.0637 e. The first-order valence-corrected chi connectivity index (χ1v) is 7.34. The quantitative estimate of drug-likeness (QED) is 0.704. The lowest BCUT2D eigenvalue weighted by molar-refractivity contribution is 0.205. The molecule has 0 bridgehead atoms. The van der Waals surface area contributed by atoms with Gasteiger partial charge >= 0.3 is 0 Å². The van der Waals surface area contributed by atoms with Gasteiger partial charge in [0, 0.05) is 43.0 Å². The summed E-state index contributed by atoms with van der Waals surface area (Å²) in [6.07, 6.45) is 1.13. The first kappa shape index (κ1) is 16.3. The van der Waals surface area contributed by atoms with Crippen LogP contribution in [0.5, 0.6) is 0 Å². The van der Waals surface area contributed by atoms with Crippen molar-refractivity contribution in [2.24, 2.45) is 0 Å². The minimum Gasteiger partial charge on any atom is -0.383 e. The molecular formula is C15H25ClN2O. The highest BCUT2D eigenvalue weighted by Gasteiger charge is 2.12. The van der Waals surface area contributed by atoms with Crippen LogP contribution in [0.15, 0.2) is 18.2 Å². The van der Waals surface area contributed by atoms with Gasteiger partial charge in [0.1, 0.15) is 0 Å². The summed E-state index contributed by atoms with van der Waals surface area (Å²) < 4.78 is 5.17. The van der Waals surface area contributed by atoms with E-state index in [1.165, 1.54) is 11.3 Å². The summed E-state index contributed by atoms with van der Waals surface area (Å²) in [4.78, 5) is 2.30. The molecule has 0 heterocycles. The lowest BCUT2D eigenvalue weighted by Crippen LogP contribution is -2.28. The number of likely N-dealkylation sites (N-methyl/N-ethyl adjacent to an activating group) is 1. The van der Waals surface area contributed by atoms with Gasteiger partial charge in [0.05, 0.1) is 6.61 Å². The van der Waals surface area contributed by atoms with Crippen LogP contribution in [0.1, 0.15) is 25.8 Å². The predicted octanol–water partition coefficient (Wildman–Crippen LogP) is 3.31. The van der Waals surface area contributed by atoms with E-state index in [-0.39, 0.29) is 0 Å². The third-order valence-corrected chi connectivity index (χ3v) is 3.46. The number of nitrogens with one attached hydrogen (secondary N) is 1. The van der Waals surface area contributed by atoms with Crippen LogP contribution in [0.3, 0.4) is 0 Å². The molecule has 0 amide bonds. The zero-order valence-corrected chi connectivity index (χ0v) is 13.0. The Morgan fingerprint density at radius 2 is 2.11 bits per heavy atom. The van der Waals surface area contributed by atoms with E-state index < -0.39 is 0 Å². The maximum atomic E-state index is 6.35. The Balaban J connectivity index is 2.87. The molecule has 0 saturated carbocycles. The number of ether oxygens (including phenoxy) is 1. The lowest BCUT2D eigenvalue weighted by Gasteiger charge is -2.26. The minimum atomic E-state index is 0.724. The number of halogens is 1. The summed E-state index contributed by atoms with van der Waals surface area (Å²) in [7, 11) is 1.73. The molecule has 1 rings (SSSR count). The van der Waals surface area contributed by atoms with Gasteiger partial charge in [-0.1, -0.05) is 24.6 Å². The van der Waals surface area contributed by atoms with Crippen molar-refractivity contribution in [1.82, 2.24) is 5.32 Å². The Labute approximate surface area is 121 Å².